The Morgan fingerprint density at radius 3 is 2.86 bits per heavy atom. The van der Waals surface area contributed by atoms with Crippen LogP contribution in [0.25, 0.3) is 4.96 Å². The summed E-state index contributed by atoms with van der Waals surface area (Å²) >= 11 is 1.50. The molecule has 1 amide bonds. The van der Waals surface area contributed by atoms with Crippen molar-refractivity contribution in [1.82, 2.24) is 14.7 Å². The van der Waals surface area contributed by atoms with Crippen molar-refractivity contribution in [1.29, 1.82) is 0 Å². The first-order chi connectivity index (χ1) is 10.1. The second kappa shape index (κ2) is 7.21. The predicted octanol–water partition coefficient (Wildman–Crippen LogP) is 1.79. The van der Waals surface area contributed by atoms with Crippen molar-refractivity contribution in [3.8, 4) is 0 Å². The normalized spacial score (nSPS) is 11.0. The quantitative estimate of drug-likeness (QED) is 0.791. The molecule has 7 heteroatoms. The van der Waals surface area contributed by atoms with Crippen LogP contribution in [0.4, 0.5) is 0 Å². The highest BCUT2D eigenvalue weighted by Gasteiger charge is 2.13. The summed E-state index contributed by atoms with van der Waals surface area (Å²) < 4.78 is 6.83. The van der Waals surface area contributed by atoms with Gasteiger partial charge >= 0.3 is 5.97 Å². The zero-order chi connectivity index (χ0) is 15.2. The molecule has 0 unspecified atom stereocenters. The molecule has 2 rings (SSSR count). The average Bonchev–Trinajstić information content (AvgIpc) is 3.03. The van der Waals surface area contributed by atoms with Crippen LogP contribution in [-0.2, 0) is 20.7 Å². The molecule has 0 aliphatic rings. The maximum Gasteiger partial charge on any atom is 0.312 e. The Hall–Kier alpha value is -1.89. The van der Waals surface area contributed by atoms with E-state index < -0.39 is 5.97 Å². The number of hydrogen-bond donors (Lipinski definition) is 1. The number of esters is 1. The van der Waals surface area contributed by atoms with Crippen LogP contribution >= 0.6 is 11.3 Å². The van der Waals surface area contributed by atoms with Gasteiger partial charge in [0.15, 0.2) is 11.6 Å². The number of nitrogens with zero attached hydrogens (tertiary/aromatic N) is 2. The SMILES string of the molecule is CCC(CC)NC(=O)COC(=O)Cc1cn2ccsc2n1. The fraction of sp³-hybridized carbons (Fsp3) is 0.500. The van der Waals surface area contributed by atoms with E-state index in [1.165, 1.54) is 11.3 Å². The number of carbonyl (C=O) groups is 2. The Labute approximate surface area is 127 Å². The summed E-state index contributed by atoms with van der Waals surface area (Å²) in [7, 11) is 0. The van der Waals surface area contributed by atoms with Crippen molar-refractivity contribution in [2.75, 3.05) is 6.61 Å². The third-order valence-corrected chi connectivity index (χ3v) is 3.95. The van der Waals surface area contributed by atoms with Gasteiger partial charge in [0, 0.05) is 23.8 Å². The molecule has 0 spiro atoms. The largest absolute Gasteiger partial charge is 0.455 e. The van der Waals surface area contributed by atoms with Gasteiger partial charge in [-0.25, -0.2) is 4.98 Å². The standard InChI is InChI=1S/C14H19N3O3S/c1-3-10(4-2)15-12(18)9-20-13(19)7-11-8-17-5-6-21-14(17)16-11/h5-6,8,10H,3-4,7,9H2,1-2H3,(H,15,18). The molecule has 0 aromatic carbocycles. The Balaban J connectivity index is 1.77. The molecular weight excluding hydrogens is 290 g/mol. The lowest BCUT2D eigenvalue weighted by molar-refractivity contribution is -0.148. The first-order valence-corrected chi connectivity index (χ1v) is 7.86. The zero-order valence-electron chi connectivity index (χ0n) is 12.2. The van der Waals surface area contributed by atoms with Crippen molar-refractivity contribution < 1.29 is 14.3 Å². The van der Waals surface area contributed by atoms with Crippen LogP contribution in [0, 0.1) is 0 Å². The number of aromatic nitrogens is 2. The van der Waals surface area contributed by atoms with Crippen LogP contribution < -0.4 is 5.32 Å². The zero-order valence-corrected chi connectivity index (χ0v) is 13.0. The van der Waals surface area contributed by atoms with Crippen molar-refractivity contribution >= 4 is 28.2 Å². The number of rotatable bonds is 7. The van der Waals surface area contributed by atoms with Gasteiger partial charge in [-0.15, -0.1) is 11.3 Å². The molecule has 0 radical (unpaired) electrons. The van der Waals surface area contributed by atoms with Gasteiger partial charge < -0.3 is 10.1 Å². The minimum absolute atomic E-state index is 0.0761. The van der Waals surface area contributed by atoms with E-state index in [0.29, 0.717) is 5.69 Å². The Morgan fingerprint density at radius 2 is 2.19 bits per heavy atom. The summed E-state index contributed by atoms with van der Waals surface area (Å²) in [6.45, 7) is 3.77. The third-order valence-electron chi connectivity index (χ3n) is 3.18. The van der Waals surface area contributed by atoms with E-state index >= 15 is 0 Å². The molecule has 0 saturated carbocycles. The van der Waals surface area contributed by atoms with Gasteiger partial charge in [0.1, 0.15) is 0 Å². The Morgan fingerprint density at radius 1 is 1.43 bits per heavy atom. The average molecular weight is 309 g/mol. The molecule has 6 nitrogen and oxygen atoms in total. The molecule has 2 aromatic rings. The van der Waals surface area contributed by atoms with Gasteiger partial charge in [-0.3, -0.25) is 14.0 Å². The molecule has 0 bridgehead atoms. The molecule has 21 heavy (non-hydrogen) atoms. The molecule has 2 heterocycles. The van der Waals surface area contributed by atoms with Gasteiger partial charge in [-0.2, -0.15) is 0 Å². The smallest absolute Gasteiger partial charge is 0.312 e. The molecule has 1 N–H and O–H groups in total. The minimum Gasteiger partial charge on any atom is -0.455 e. The number of carbonyl (C=O) groups excluding carboxylic acids is 2. The molecule has 2 aromatic heterocycles. The highest BCUT2D eigenvalue weighted by molar-refractivity contribution is 7.15. The van der Waals surface area contributed by atoms with Crippen molar-refractivity contribution in [2.24, 2.45) is 0 Å². The summed E-state index contributed by atoms with van der Waals surface area (Å²) in [6, 6.07) is 0.135. The molecule has 114 valence electrons. The number of hydrogen-bond acceptors (Lipinski definition) is 5. The fourth-order valence-corrected chi connectivity index (χ4v) is 2.69. The van der Waals surface area contributed by atoms with E-state index in [4.69, 9.17) is 4.74 Å². The molecule has 0 fully saturated rings. The van der Waals surface area contributed by atoms with Crippen LogP contribution in [-0.4, -0.2) is 33.9 Å². The maximum absolute atomic E-state index is 11.7. The van der Waals surface area contributed by atoms with Crippen LogP contribution in [0.2, 0.25) is 0 Å². The molecule has 0 aliphatic heterocycles. The second-order valence-corrected chi connectivity index (χ2v) is 5.62. The number of fused-ring (bicyclic) bond motifs is 1. The minimum atomic E-state index is -0.444. The van der Waals surface area contributed by atoms with Gasteiger partial charge in [0.2, 0.25) is 0 Å². The number of imidazole rings is 1. The lowest BCUT2D eigenvalue weighted by atomic mass is 10.2. The predicted molar refractivity (Wildman–Crippen MR) is 80.2 cm³/mol. The van der Waals surface area contributed by atoms with Crippen molar-refractivity contribution in [3.63, 3.8) is 0 Å². The second-order valence-electron chi connectivity index (χ2n) is 4.74. The number of amides is 1. The lowest BCUT2D eigenvalue weighted by Crippen LogP contribution is -2.37. The maximum atomic E-state index is 11.7. The highest BCUT2D eigenvalue weighted by atomic mass is 32.1. The Bertz CT molecular complexity index is 587. The Kier molecular flexibility index (Phi) is 5.32. The molecule has 0 atom stereocenters. The van der Waals surface area contributed by atoms with E-state index in [1.807, 2.05) is 29.8 Å². The summed E-state index contributed by atoms with van der Waals surface area (Å²) in [5, 5.41) is 4.74. The lowest BCUT2D eigenvalue weighted by Gasteiger charge is -2.14. The number of thiazole rings is 1. The van der Waals surface area contributed by atoms with Gasteiger partial charge in [0.05, 0.1) is 12.1 Å². The van der Waals surface area contributed by atoms with Crippen LogP contribution in [0.5, 0.6) is 0 Å². The molecule has 0 aliphatic carbocycles. The van der Waals surface area contributed by atoms with Crippen LogP contribution in [0.15, 0.2) is 17.8 Å². The third kappa shape index (κ3) is 4.29. The van der Waals surface area contributed by atoms with Gasteiger partial charge in [-0.1, -0.05) is 13.8 Å². The first kappa shape index (κ1) is 15.5. The monoisotopic (exact) mass is 309 g/mol. The van der Waals surface area contributed by atoms with E-state index in [0.717, 1.165) is 17.8 Å². The van der Waals surface area contributed by atoms with Gasteiger partial charge in [-0.05, 0) is 12.8 Å². The van der Waals surface area contributed by atoms with E-state index in [2.05, 4.69) is 10.3 Å². The van der Waals surface area contributed by atoms with E-state index in [-0.39, 0.29) is 25.0 Å². The summed E-state index contributed by atoms with van der Waals surface area (Å²) in [5.74, 6) is -0.705. The first-order valence-electron chi connectivity index (χ1n) is 6.98. The summed E-state index contributed by atoms with van der Waals surface area (Å²) in [6.07, 6.45) is 5.47. The number of ether oxygens (including phenoxy) is 1. The fourth-order valence-electron chi connectivity index (χ4n) is 1.97. The summed E-state index contributed by atoms with van der Waals surface area (Å²) in [5.41, 5.74) is 0.646. The van der Waals surface area contributed by atoms with E-state index in [9.17, 15) is 9.59 Å². The highest BCUT2D eigenvalue weighted by Crippen LogP contribution is 2.11. The van der Waals surface area contributed by atoms with Gasteiger partial charge in [0.25, 0.3) is 5.91 Å². The van der Waals surface area contributed by atoms with Crippen molar-refractivity contribution in [2.45, 2.75) is 39.2 Å². The molecular formula is C14H19N3O3S. The topological polar surface area (TPSA) is 72.7 Å². The van der Waals surface area contributed by atoms with Crippen molar-refractivity contribution in [3.05, 3.63) is 23.5 Å². The van der Waals surface area contributed by atoms with E-state index in [1.54, 1.807) is 6.20 Å². The van der Waals surface area contributed by atoms with Crippen LogP contribution in [0.3, 0.4) is 0 Å². The number of nitrogens with one attached hydrogen (secondary N) is 1. The van der Waals surface area contributed by atoms with Crippen LogP contribution in [0.1, 0.15) is 32.4 Å². The molecule has 0 saturated heterocycles. The summed E-state index contributed by atoms with van der Waals surface area (Å²) in [4.78, 5) is 28.4.